The van der Waals surface area contributed by atoms with Crippen LogP contribution in [-0.2, 0) is 14.3 Å². The van der Waals surface area contributed by atoms with Crippen molar-refractivity contribution in [3.8, 4) is 0 Å². The largest absolute Gasteiger partial charge is 0.296 e. The molecule has 6 heteroatoms. The number of hydrogen-bond donors (Lipinski definition) is 2. The molecule has 5 nitrogen and oxygen atoms in total. The minimum atomic E-state index is -3.51. The van der Waals surface area contributed by atoms with Gasteiger partial charge < -0.3 is 0 Å². The molecule has 0 aromatic heterocycles. The second-order valence-electron chi connectivity index (χ2n) is 2.56. The van der Waals surface area contributed by atoms with Crippen molar-refractivity contribution < 1.29 is 12.6 Å². The zero-order chi connectivity index (χ0) is 11.9. The maximum atomic E-state index is 11.1. The normalized spacial score (nSPS) is 9.73. The van der Waals surface area contributed by atoms with Crippen LogP contribution in [0.4, 0.5) is 0 Å². The van der Waals surface area contributed by atoms with E-state index in [1.54, 1.807) is 12.1 Å². The van der Waals surface area contributed by atoms with Gasteiger partial charge in [0.2, 0.25) is 0 Å². The lowest BCUT2D eigenvalue weighted by Crippen LogP contribution is -2.02. The van der Waals surface area contributed by atoms with Gasteiger partial charge in [-0.25, -0.2) is 10.8 Å². The number of nitrogens with one attached hydrogen (secondary N) is 2. The summed E-state index contributed by atoms with van der Waals surface area (Å²) in [7, 11) is -2.37. The van der Waals surface area contributed by atoms with Gasteiger partial charge in [-0.1, -0.05) is 17.7 Å². The van der Waals surface area contributed by atoms with Crippen LogP contribution in [-0.4, -0.2) is 21.5 Å². The Morgan fingerprint density at radius 2 is 1.60 bits per heavy atom. The van der Waals surface area contributed by atoms with Crippen LogP contribution in [0.15, 0.2) is 29.2 Å². The van der Waals surface area contributed by atoms with Crippen LogP contribution < -0.4 is 0 Å². The Morgan fingerprint density at radius 3 is 1.93 bits per heavy atom. The zero-order valence-corrected chi connectivity index (χ0v) is 9.26. The third-order valence-electron chi connectivity index (χ3n) is 1.53. The first-order valence-electron chi connectivity index (χ1n) is 3.93. The van der Waals surface area contributed by atoms with Gasteiger partial charge in [-0.2, -0.15) is 8.42 Å². The molecule has 0 aliphatic heterocycles. The molecule has 0 fully saturated rings. The molecule has 0 amide bonds. The average molecular weight is 228 g/mol. The molecular weight excluding hydrogens is 216 g/mol. The predicted molar refractivity (Wildman–Crippen MR) is 55.8 cm³/mol. The van der Waals surface area contributed by atoms with Crippen molar-refractivity contribution in [2.24, 2.45) is 0 Å². The van der Waals surface area contributed by atoms with Crippen LogP contribution in [0.1, 0.15) is 5.56 Å². The molecule has 0 unspecified atom stereocenters. The fourth-order valence-corrected chi connectivity index (χ4v) is 1.46. The zero-order valence-electron chi connectivity index (χ0n) is 8.44. The van der Waals surface area contributed by atoms with Crippen LogP contribution in [0, 0.1) is 17.7 Å². The highest BCUT2D eigenvalue weighted by molar-refractivity contribution is 7.86. The fourth-order valence-electron chi connectivity index (χ4n) is 0.801. The molecule has 0 aliphatic carbocycles. The van der Waals surface area contributed by atoms with Crippen molar-refractivity contribution in [3.63, 3.8) is 0 Å². The topological polar surface area (TPSA) is 91.1 Å². The van der Waals surface area contributed by atoms with Crippen LogP contribution in [0.5, 0.6) is 0 Å². The summed E-state index contributed by atoms with van der Waals surface area (Å²) >= 11 is 0. The standard InChI is InChI=1S/C8H10O3S.CH2N2/c1-7-3-5-8(6-4-7)12(9,10)11-2;2-1-3/h3-6H,1-2H3;2-3H. The first-order chi connectivity index (χ1) is 6.97. The van der Waals surface area contributed by atoms with Gasteiger partial charge in [0.25, 0.3) is 10.1 Å². The number of rotatable bonds is 2. The van der Waals surface area contributed by atoms with Crippen molar-refractivity contribution in [1.82, 2.24) is 0 Å². The van der Waals surface area contributed by atoms with Crippen molar-refractivity contribution >= 4 is 16.1 Å². The molecule has 0 spiro atoms. The lowest BCUT2D eigenvalue weighted by atomic mass is 10.2. The summed E-state index contributed by atoms with van der Waals surface area (Å²) in [5, 5.41) is 11.2. The predicted octanol–water partition coefficient (Wildman–Crippen LogP) is 1.65. The summed E-state index contributed by atoms with van der Waals surface area (Å²) in [6, 6.07) is 7.75. The van der Waals surface area contributed by atoms with E-state index in [9.17, 15) is 8.42 Å². The van der Waals surface area contributed by atoms with Crippen LogP contribution in [0.2, 0.25) is 0 Å². The summed E-state index contributed by atoms with van der Waals surface area (Å²) in [4.78, 5) is 0.190. The Kier molecular flexibility index (Phi) is 5.48. The highest BCUT2D eigenvalue weighted by Gasteiger charge is 2.10. The molecule has 82 valence electrons. The summed E-state index contributed by atoms with van der Waals surface area (Å²) in [6.07, 6.45) is 0. The van der Waals surface area contributed by atoms with Gasteiger partial charge in [0.05, 0.1) is 18.0 Å². The number of benzene rings is 1. The average Bonchev–Trinajstić information content (AvgIpc) is 2.20. The van der Waals surface area contributed by atoms with Crippen LogP contribution >= 0.6 is 0 Å². The van der Waals surface area contributed by atoms with Crippen molar-refractivity contribution in [2.75, 3.05) is 7.11 Å². The minimum absolute atomic E-state index is 0.190. The van der Waals surface area contributed by atoms with E-state index >= 15 is 0 Å². The summed E-state index contributed by atoms with van der Waals surface area (Å²) < 4.78 is 26.5. The Balaban J connectivity index is 0.000000583. The molecule has 2 N–H and O–H groups in total. The van der Waals surface area contributed by atoms with Crippen LogP contribution in [0.25, 0.3) is 0 Å². The van der Waals surface area contributed by atoms with Crippen molar-refractivity contribution in [2.45, 2.75) is 11.8 Å². The Hall–Kier alpha value is -1.49. The fraction of sp³-hybridized carbons (Fsp3) is 0.222. The molecule has 0 heterocycles. The molecule has 1 aromatic carbocycles. The molecule has 1 rings (SSSR count). The smallest absolute Gasteiger partial charge is 0.270 e. The quantitative estimate of drug-likeness (QED) is 0.595. The second-order valence-corrected chi connectivity index (χ2v) is 4.27. The molecule has 0 aliphatic rings. The van der Waals surface area contributed by atoms with Gasteiger partial charge in [-0.05, 0) is 19.1 Å². The molecule has 0 saturated carbocycles. The molecular formula is C9H12N2O3S. The minimum Gasteiger partial charge on any atom is -0.270 e. The molecule has 0 saturated heterocycles. The van der Waals surface area contributed by atoms with E-state index in [1.807, 2.05) is 6.92 Å². The Morgan fingerprint density at radius 1 is 1.20 bits per heavy atom. The lowest BCUT2D eigenvalue weighted by molar-refractivity contribution is 0.398. The highest BCUT2D eigenvalue weighted by Crippen LogP contribution is 2.11. The van der Waals surface area contributed by atoms with Crippen molar-refractivity contribution in [3.05, 3.63) is 29.8 Å². The van der Waals surface area contributed by atoms with Gasteiger partial charge >= 0.3 is 0 Å². The molecule has 15 heavy (non-hydrogen) atoms. The Bertz CT molecular complexity index is 431. The maximum absolute atomic E-state index is 11.1. The molecule has 0 atom stereocenters. The van der Waals surface area contributed by atoms with E-state index in [1.165, 1.54) is 18.1 Å². The molecule has 0 bridgehead atoms. The van der Waals surface area contributed by atoms with E-state index in [4.69, 9.17) is 10.8 Å². The monoisotopic (exact) mass is 228 g/mol. The third kappa shape index (κ3) is 4.51. The lowest BCUT2D eigenvalue weighted by Gasteiger charge is -2.00. The number of hydrogen-bond acceptors (Lipinski definition) is 5. The van der Waals surface area contributed by atoms with E-state index in [0.717, 1.165) is 12.7 Å². The van der Waals surface area contributed by atoms with Crippen molar-refractivity contribution in [1.29, 1.82) is 10.8 Å². The van der Waals surface area contributed by atoms with Gasteiger partial charge in [-0.3, -0.25) is 4.18 Å². The summed E-state index contributed by atoms with van der Waals surface area (Å²) in [5.74, 6) is 0. The van der Waals surface area contributed by atoms with E-state index < -0.39 is 10.1 Å². The maximum Gasteiger partial charge on any atom is 0.296 e. The van der Waals surface area contributed by atoms with Gasteiger partial charge in [0.1, 0.15) is 0 Å². The summed E-state index contributed by atoms with van der Waals surface area (Å²) in [5.41, 5.74) is 1.02. The van der Waals surface area contributed by atoms with Crippen LogP contribution in [0.3, 0.4) is 0 Å². The van der Waals surface area contributed by atoms with E-state index in [0.29, 0.717) is 0 Å². The third-order valence-corrected chi connectivity index (χ3v) is 2.82. The van der Waals surface area contributed by atoms with E-state index in [2.05, 4.69) is 4.18 Å². The first kappa shape index (κ1) is 13.5. The SMILES string of the molecule is COS(=O)(=O)c1ccc(C)cc1.N=C=N. The highest BCUT2D eigenvalue weighted by atomic mass is 32.2. The van der Waals surface area contributed by atoms with Gasteiger partial charge in [0.15, 0.2) is 0 Å². The molecule has 0 radical (unpaired) electrons. The second kappa shape index (κ2) is 6.08. The summed E-state index contributed by atoms with van der Waals surface area (Å²) in [6.45, 7) is 1.89. The first-order valence-corrected chi connectivity index (χ1v) is 5.34. The molecule has 1 aromatic rings. The van der Waals surface area contributed by atoms with Gasteiger partial charge in [0, 0.05) is 0 Å². The number of aryl methyl sites for hydroxylation is 1. The Labute approximate surface area is 88.9 Å². The van der Waals surface area contributed by atoms with E-state index in [-0.39, 0.29) is 4.90 Å². The van der Waals surface area contributed by atoms with Gasteiger partial charge in [-0.15, -0.1) is 0 Å².